The molecule has 5 heteroatoms. The van der Waals surface area contributed by atoms with Crippen LogP contribution >= 0.6 is 11.3 Å². The second-order valence-corrected chi connectivity index (χ2v) is 7.18. The van der Waals surface area contributed by atoms with Gasteiger partial charge in [-0.05, 0) is 49.6 Å². The van der Waals surface area contributed by atoms with E-state index in [9.17, 15) is 9.90 Å². The number of benzene rings is 1. The van der Waals surface area contributed by atoms with E-state index in [4.69, 9.17) is 4.74 Å². The number of carbonyl (C=O) groups is 1. The topological polar surface area (TPSA) is 49.8 Å². The molecule has 122 valence electrons. The number of likely N-dealkylation sites (tertiary alicyclic amines) is 1. The summed E-state index contributed by atoms with van der Waals surface area (Å²) in [6.07, 6.45) is 1.63. The Labute approximate surface area is 140 Å². The maximum atomic E-state index is 11.6. The summed E-state index contributed by atoms with van der Waals surface area (Å²) in [4.78, 5) is 16.2. The molecule has 3 rings (SSSR count). The molecule has 0 spiro atoms. The lowest BCUT2D eigenvalue weighted by Gasteiger charge is -2.31. The normalized spacial score (nSPS) is 19.7. The smallest absolute Gasteiger partial charge is 0.320 e. The molecule has 1 fully saturated rings. The van der Waals surface area contributed by atoms with Crippen molar-refractivity contribution >= 4 is 17.3 Å². The van der Waals surface area contributed by atoms with E-state index < -0.39 is 12.0 Å². The van der Waals surface area contributed by atoms with Gasteiger partial charge in [-0.3, -0.25) is 9.69 Å². The first-order valence-corrected chi connectivity index (χ1v) is 8.60. The highest BCUT2D eigenvalue weighted by Crippen LogP contribution is 2.38. The molecular weight excluding hydrogens is 310 g/mol. The lowest BCUT2D eigenvalue weighted by molar-refractivity contribution is -0.142. The summed E-state index contributed by atoms with van der Waals surface area (Å²) in [5.74, 6) is 0.0653. The highest BCUT2D eigenvalue weighted by Gasteiger charge is 2.37. The largest absolute Gasteiger partial charge is 0.497 e. The fourth-order valence-corrected chi connectivity index (χ4v) is 4.32. The first kappa shape index (κ1) is 16.0. The molecule has 1 aliphatic heterocycles. The van der Waals surface area contributed by atoms with Crippen molar-refractivity contribution in [1.82, 2.24) is 4.90 Å². The van der Waals surface area contributed by atoms with Gasteiger partial charge in [-0.2, -0.15) is 0 Å². The lowest BCUT2D eigenvalue weighted by Crippen LogP contribution is -2.39. The average molecular weight is 331 g/mol. The van der Waals surface area contributed by atoms with Gasteiger partial charge in [0.1, 0.15) is 11.8 Å². The Morgan fingerprint density at radius 3 is 2.87 bits per heavy atom. The van der Waals surface area contributed by atoms with E-state index in [0.29, 0.717) is 6.42 Å². The van der Waals surface area contributed by atoms with Crippen molar-refractivity contribution in [3.05, 3.63) is 51.7 Å². The summed E-state index contributed by atoms with van der Waals surface area (Å²) in [5, 5.41) is 9.57. The molecule has 1 N–H and O–H groups in total. The van der Waals surface area contributed by atoms with E-state index in [1.165, 1.54) is 9.75 Å². The Hall–Kier alpha value is -1.85. The van der Waals surface area contributed by atoms with Crippen molar-refractivity contribution in [2.24, 2.45) is 0 Å². The fraction of sp³-hybridized carbons (Fsp3) is 0.389. The number of rotatable bonds is 5. The maximum Gasteiger partial charge on any atom is 0.320 e. The summed E-state index contributed by atoms with van der Waals surface area (Å²) in [6, 6.07) is 11.7. The third kappa shape index (κ3) is 3.26. The monoisotopic (exact) mass is 331 g/mol. The third-order valence-corrected chi connectivity index (χ3v) is 5.40. The van der Waals surface area contributed by atoms with E-state index in [1.54, 1.807) is 18.4 Å². The number of thiophene rings is 1. The van der Waals surface area contributed by atoms with Crippen LogP contribution < -0.4 is 4.74 Å². The number of methoxy groups -OCH3 is 1. The third-order valence-electron chi connectivity index (χ3n) is 4.35. The molecule has 0 bridgehead atoms. The Morgan fingerprint density at radius 1 is 1.39 bits per heavy atom. The number of ether oxygens (including phenoxy) is 1. The Morgan fingerprint density at radius 2 is 2.22 bits per heavy atom. The molecular formula is C18H21NO3S. The second-order valence-electron chi connectivity index (χ2n) is 5.86. The highest BCUT2D eigenvalue weighted by molar-refractivity contribution is 7.12. The molecule has 0 amide bonds. The van der Waals surface area contributed by atoms with Crippen LogP contribution in [0.5, 0.6) is 5.75 Å². The van der Waals surface area contributed by atoms with Crippen LogP contribution in [-0.2, 0) is 4.79 Å². The minimum absolute atomic E-state index is 0.0348. The SMILES string of the molecule is COc1cccc(C(c2ccc(C)s2)N2CCCC2C(=O)O)c1. The molecule has 23 heavy (non-hydrogen) atoms. The van der Waals surface area contributed by atoms with Crippen molar-refractivity contribution in [2.45, 2.75) is 31.8 Å². The van der Waals surface area contributed by atoms with Crippen LogP contribution in [0, 0.1) is 6.92 Å². The number of hydrogen-bond donors (Lipinski definition) is 1. The molecule has 0 aliphatic carbocycles. The zero-order valence-electron chi connectivity index (χ0n) is 13.4. The summed E-state index contributed by atoms with van der Waals surface area (Å²) >= 11 is 1.73. The van der Waals surface area contributed by atoms with Gasteiger partial charge in [0.2, 0.25) is 0 Å². The van der Waals surface area contributed by atoms with Crippen molar-refractivity contribution in [1.29, 1.82) is 0 Å². The van der Waals surface area contributed by atoms with Gasteiger partial charge < -0.3 is 9.84 Å². The molecule has 2 aromatic rings. The van der Waals surface area contributed by atoms with Gasteiger partial charge in [-0.15, -0.1) is 11.3 Å². The Bertz CT molecular complexity index is 697. The number of aryl methyl sites for hydroxylation is 1. The second kappa shape index (κ2) is 6.72. The van der Waals surface area contributed by atoms with Gasteiger partial charge in [-0.25, -0.2) is 0 Å². The molecule has 0 saturated carbocycles. The number of carboxylic acids is 1. The van der Waals surface area contributed by atoms with Crippen LogP contribution in [0.4, 0.5) is 0 Å². The number of carboxylic acid groups (broad SMARTS) is 1. The maximum absolute atomic E-state index is 11.6. The van der Waals surface area contributed by atoms with Gasteiger partial charge in [-0.1, -0.05) is 12.1 Å². The van der Waals surface area contributed by atoms with Crippen LogP contribution in [0.2, 0.25) is 0 Å². The molecule has 2 atom stereocenters. The Balaban J connectivity index is 2.05. The number of hydrogen-bond acceptors (Lipinski definition) is 4. The van der Waals surface area contributed by atoms with E-state index in [1.807, 2.05) is 18.2 Å². The Kier molecular flexibility index (Phi) is 4.68. The molecule has 1 saturated heterocycles. The van der Waals surface area contributed by atoms with E-state index in [0.717, 1.165) is 24.3 Å². The minimum Gasteiger partial charge on any atom is -0.497 e. The highest BCUT2D eigenvalue weighted by atomic mass is 32.1. The van der Waals surface area contributed by atoms with Gasteiger partial charge in [0.25, 0.3) is 0 Å². The van der Waals surface area contributed by atoms with E-state index in [-0.39, 0.29) is 6.04 Å². The fourth-order valence-electron chi connectivity index (χ4n) is 3.29. The van der Waals surface area contributed by atoms with Crippen LogP contribution in [0.15, 0.2) is 36.4 Å². The quantitative estimate of drug-likeness (QED) is 0.907. The molecule has 1 aromatic heterocycles. The van der Waals surface area contributed by atoms with Crippen LogP contribution in [0.25, 0.3) is 0 Å². The molecule has 4 nitrogen and oxygen atoms in total. The first-order valence-electron chi connectivity index (χ1n) is 7.79. The summed E-state index contributed by atoms with van der Waals surface area (Å²) < 4.78 is 5.35. The first-order chi connectivity index (χ1) is 11.1. The van der Waals surface area contributed by atoms with Crippen molar-refractivity contribution in [3.8, 4) is 5.75 Å². The van der Waals surface area contributed by atoms with E-state index >= 15 is 0 Å². The van der Waals surface area contributed by atoms with Crippen LogP contribution in [0.1, 0.15) is 34.2 Å². The predicted molar refractivity (Wildman–Crippen MR) is 91.3 cm³/mol. The summed E-state index contributed by atoms with van der Waals surface area (Å²) in [5.41, 5.74) is 1.08. The zero-order chi connectivity index (χ0) is 16.4. The van der Waals surface area contributed by atoms with Gasteiger partial charge in [0.05, 0.1) is 13.2 Å². The predicted octanol–water partition coefficient (Wildman–Crippen LogP) is 3.70. The summed E-state index contributed by atoms with van der Waals surface area (Å²) in [7, 11) is 1.65. The standard InChI is InChI=1S/C18H21NO3S/c1-12-8-9-16(23-12)17(13-5-3-6-14(11-13)22-2)19-10-4-7-15(19)18(20)21/h3,5-6,8-9,11,15,17H,4,7,10H2,1-2H3,(H,20,21). The van der Waals surface area contributed by atoms with E-state index in [2.05, 4.69) is 30.0 Å². The average Bonchev–Trinajstić information content (AvgIpc) is 3.18. The minimum atomic E-state index is -0.733. The molecule has 2 heterocycles. The molecule has 0 radical (unpaired) electrons. The summed E-state index contributed by atoms with van der Waals surface area (Å²) in [6.45, 7) is 2.88. The van der Waals surface area contributed by atoms with Crippen molar-refractivity contribution < 1.29 is 14.6 Å². The molecule has 1 aromatic carbocycles. The molecule has 2 unspecified atom stereocenters. The zero-order valence-corrected chi connectivity index (χ0v) is 14.2. The van der Waals surface area contributed by atoms with Gasteiger partial charge in [0.15, 0.2) is 0 Å². The van der Waals surface area contributed by atoms with Crippen molar-refractivity contribution in [2.75, 3.05) is 13.7 Å². The van der Waals surface area contributed by atoms with Crippen LogP contribution in [-0.4, -0.2) is 35.7 Å². The number of nitrogens with zero attached hydrogens (tertiary/aromatic N) is 1. The lowest BCUT2D eigenvalue weighted by atomic mass is 10.0. The number of aliphatic carboxylic acids is 1. The van der Waals surface area contributed by atoms with Gasteiger partial charge in [0, 0.05) is 16.3 Å². The van der Waals surface area contributed by atoms with Crippen LogP contribution in [0.3, 0.4) is 0 Å². The van der Waals surface area contributed by atoms with Gasteiger partial charge >= 0.3 is 5.97 Å². The molecule has 1 aliphatic rings. The van der Waals surface area contributed by atoms with Crippen molar-refractivity contribution in [3.63, 3.8) is 0 Å².